The maximum absolute atomic E-state index is 12.0. The minimum atomic E-state index is -0.513. The van der Waals surface area contributed by atoms with Gasteiger partial charge in [0.25, 0.3) is 0 Å². The summed E-state index contributed by atoms with van der Waals surface area (Å²) in [5.41, 5.74) is 1.58. The van der Waals surface area contributed by atoms with E-state index in [9.17, 15) is 9.59 Å². The molecule has 0 N–H and O–H groups in total. The quantitative estimate of drug-likeness (QED) is 0.474. The summed E-state index contributed by atoms with van der Waals surface area (Å²) in [5, 5.41) is 0. The van der Waals surface area contributed by atoms with Gasteiger partial charge in [0.2, 0.25) is 0 Å². The average Bonchev–Trinajstić information content (AvgIpc) is 2.99. The number of ether oxygens (including phenoxy) is 1. The predicted molar refractivity (Wildman–Crippen MR) is 73.2 cm³/mol. The number of allylic oxidation sites excluding steroid dienone is 2. The molecule has 0 bridgehead atoms. The Morgan fingerprint density at radius 1 is 1.63 bits per heavy atom. The van der Waals surface area contributed by atoms with Crippen LogP contribution in [0.15, 0.2) is 16.4 Å². The molecule has 6 heteroatoms. The van der Waals surface area contributed by atoms with E-state index < -0.39 is 5.97 Å². The molecule has 102 valence electrons. The molecule has 1 aliphatic rings. The third kappa shape index (κ3) is 2.94. The molecule has 1 heterocycles. The first kappa shape index (κ1) is 14.0. The topological polar surface area (TPSA) is 61.2 Å². The monoisotopic (exact) mass is 326 g/mol. The third-order valence-corrected chi connectivity index (χ3v) is 3.63. The van der Waals surface area contributed by atoms with Crippen molar-refractivity contribution in [3.8, 4) is 0 Å². The summed E-state index contributed by atoms with van der Waals surface area (Å²) >= 11 is 3.29. The van der Waals surface area contributed by atoms with Crippen molar-refractivity contribution in [3.63, 3.8) is 0 Å². The van der Waals surface area contributed by atoms with Crippen LogP contribution in [0.5, 0.6) is 0 Å². The first-order valence-electron chi connectivity index (χ1n) is 6.23. The fourth-order valence-electron chi connectivity index (χ4n) is 2.17. The second-order valence-electron chi connectivity index (χ2n) is 4.29. The Morgan fingerprint density at radius 2 is 2.42 bits per heavy atom. The zero-order valence-electron chi connectivity index (χ0n) is 10.7. The molecule has 0 amide bonds. The van der Waals surface area contributed by atoms with E-state index in [2.05, 4.69) is 27.0 Å². The maximum Gasteiger partial charge on any atom is 0.357 e. The number of aldehydes is 1. The van der Waals surface area contributed by atoms with Crippen molar-refractivity contribution in [2.24, 2.45) is 0 Å². The van der Waals surface area contributed by atoms with Crippen LogP contribution in [0.2, 0.25) is 0 Å². The number of rotatable bonds is 5. The van der Waals surface area contributed by atoms with Crippen molar-refractivity contribution in [1.82, 2.24) is 9.55 Å². The number of imidazole rings is 1. The first-order valence-corrected chi connectivity index (χ1v) is 7.03. The maximum atomic E-state index is 12.0. The Morgan fingerprint density at radius 3 is 3.00 bits per heavy atom. The lowest BCUT2D eigenvalue weighted by Crippen LogP contribution is -2.15. The molecule has 0 radical (unpaired) electrons. The van der Waals surface area contributed by atoms with E-state index in [1.54, 1.807) is 11.5 Å². The number of halogens is 1. The molecule has 0 fully saturated rings. The molecule has 2 rings (SSSR count). The minimum absolute atomic E-state index is 0.115. The normalized spacial score (nSPS) is 14.3. The van der Waals surface area contributed by atoms with Gasteiger partial charge in [-0.25, -0.2) is 9.78 Å². The number of hydrogen-bond acceptors (Lipinski definition) is 4. The van der Waals surface area contributed by atoms with Gasteiger partial charge in [0.1, 0.15) is 5.69 Å². The van der Waals surface area contributed by atoms with Gasteiger partial charge in [-0.1, -0.05) is 11.6 Å². The highest BCUT2D eigenvalue weighted by atomic mass is 79.9. The van der Waals surface area contributed by atoms with Crippen LogP contribution in [-0.4, -0.2) is 28.4 Å². The van der Waals surface area contributed by atoms with Crippen molar-refractivity contribution < 1.29 is 14.3 Å². The first-order chi connectivity index (χ1) is 9.17. The van der Waals surface area contributed by atoms with Crippen LogP contribution in [0.25, 0.3) is 0 Å². The van der Waals surface area contributed by atoms with E-state index in [0.29, 0.717) is 17.6 Å². The van der Waals surface area contributed by atoms with Gasteiger partial charge in [-0.05, 0) is 42.1 Å². The number of esters is 1. The largest absolute Gasteiger partial charge is 0.461 e. The van der Waals surface area contributed by atoms with Gasteiger partial charge in [-0.2, -0.15) is 0 Å². The van der Waals surface area contributed by atoms with Crippen LogP contribution in [-0.2, 0) is 11.3 Å². The highest BCUT2D eigenvalue weighted by Crippen LogP contribution is 2.24. The van der Waals surface area contributed by atoms with E-state index in [0.717, 1.165) is 19.3 Å². The van der Waals surface area contributed by atoms with E-state index in [-0.39, 0.29) is 18.0 Å². The van der Waals surface area contributed by atoms with Crippen LogP contribution in [0.3, 0.4) is 0 Å². The molecule has 0 saturated heterocycles. The van der Waals surface area contributed by atoms with Crippen LogP contribution >= 0.6 is 15.9 Å². The number of carbonyl (C=O) groups is 2. The van der Waals surface area contributed by atoms with Crippen LogP contribution in [0, 0.1) is 0 Å². The molecular formula is C13H15BrN2O3. The Kier molecular flexibility index (Phi) is 4.52. The molecule has 1 aromatic heterocycles. The number of hydrogen-bond donors (Lipinski definition) is 0. The zero-order chi connectivity index (χ0) is 13.8. The summed E-state index contributed by atoms with van der Waals surface area (Å²) in [5.74, 6) is -0.513. The standard InChI is InChI=1S/C13H15BrN2O3/c1-2-19-12(18)11-10(8-17)15-13(14)16(11)7-9-5-3-4-6-9/h5,8H,2-4,6-7H2,1H3. The van der Waals surface area contributed by atoms with Gasteiger partial charge in [-0.15, -0.1) is 0 Å². The lowest BCUT2D eigenvalue weighted by molar-refractivity contribution is 0.0511. The summed E-state index contributed by atoms with van der Waals surface area (Å²) in [6.07, 6.45) is 5.97. The molecule has 0 aromatic carbocycles. The average molecular weight is 327 g/mol. The minimum Gasteiger partial charge on any atom is -0.461 e. The fourth-order valence-corrected chi connectivity index (χ4v) is 2.66. The fraction of sp³-hybridized carbons (Fsp3) is 0.462. The SMILES string of the molecule is CCOC(=O)c1c(C=O)nc(Br)n1CC1=CCCC1. The van der Waals surface area contributed by atoms with E-state index in [1.165, 1.54) is 5.57 Å². The summed E-state index contributed by atoms with van der Waals surface area (Å²) in [4.78, 5) is 27.0. The molecule has 0 spiro atoms. The molecule has 1 aromatic rings. The number of aromatic nitrogens is 2. The second kappa shape index (κ2) is 6.14. The Hall–Kier alpha value is -1.43. The third-order valence-electron chi connectivity index (χ3n) is 3.02. The molecule has 5 nitrogen and oxygen atoms in total. The van der Waals surface area contributed by atoms with Gasteiger partial charge in [-0.3, -0.25) is 4.79 Å². The van der Waals surface area contributed by atoms with Crippen LogP contribution in [0.1, 0.15) is 47.2 Å². The predicted octanol–water partition coefficient (Wildman–Crippen LogP) is 2.75. The summed E-state index contributed by atoms with van der Waals surface area (Å²) in [6, 6.07) is 0. The number of nitrogens with zero attached hydrogens (tertiary/aromatic N) is 2. The van der Waals surface area contributed by atoms with E-state index in [1.807, 2.05) is 0 Å². The highest BCUT2D eigenvalue weighted by molar-refractivity contribution is 9.10. The molecule has 0 atom stereocenters. The van der Waals surface area contributed by atoms with Crippen molar-refractivity contribution in [3.05, 3.63) is 27.8 Å². The van der Waals surface area contributed by atoms with Gasteiger partial charge in [0, 0.05) is 6.54 Å². The molecule has 0 saturated carbocycles. The Labute approximate surface area is 119 Å². The van der Waals surface area contributed by atoms with E-state index >= 15 is 0 Å². The lowest BCUT2D eigenvalue weighted by atomic mass is 10.2. The molecule has 1 aliphatic carbocycles. The summed E-state index contributed by atoms with van der Waals surface area (Å²) in [6.45, 7) is 2.56. The molecular weight excluding hydrogens is 312 g/mol. The zero-order valence-corrected chi connectivity index (χ0v) is 12.3. The lowest BCUT2D eigenvalue weighted by Gasteiger charge is -2.10. The van der Waals surface area contributed by atoms with Crippen molar-refractivity contribution in [2.45, 2.75) is 32.7 Å². The Bertz CT molecular complexity index is 534. The van der Waals surface area contributed by atoms with Crippen LogP contribution < -0.4 is 0 Å². The van der Waals surface area contributed by atoms with Crippen molar-refractivity contribution >= 4 is 28.2 Å². The van der Waals surface area contributed by atoms with Crippen molar-refractivity contribution in [2.75, 3.05) is 6.61 Å². The van der Waals surface area contributed by atoms with Gasteiger partial charge in [0.05, 0.1) is 6.61 Å². The highest BCUT2D eigenvalue weighted by Gasteiger charge is 2.23. The second-order valence-corrected chi connectivity index (χ2v) is 5.00. The van der Waals surface area contributed by atoms with Gasteiger partial charge >= 0.3 is 5.97 Å². The Balaban J connectivity index is 2.37. The van der Waals surface area contributed by atoms with Gasteiger partial charge in [0.15, 0.2) is 16.7 Å². The van der Waals surface area contributed by atoms with Gasteiger partial charge < -0.3 is 9.30 Å². The molecule has 0 aliphatic heterocycles. The molecule has 19 heavy (non-hydrogen) atoms. The smallest absolute Gasteiger partial charge is 0.357 e. The summed E-state index contributed by atoms with van der Waals surface area (Å²) in [7, 11) is 0. The van der Waals surface area contributed by atoms with Crippen molar-refractivity contribution in [1.29, 1.82) is 0 Å². The molecule has 0 unspecified atom stereocenters. The van der Waals surface area contributed by atoms with E-state index in [4.69, 9.17) is 4.74 Å². The number of carbonyl (C=O) groups excluding carboxylic acids is 2. The van der Waals surface area contributed by atoms with Crippen LogP contribution in [0.4, 0.5) is 0 Å². The summed E-state index contributed by atoms with van der Waals surface area (Å²) < 4.78 is 7.16.